The van der Waals surface area contributed by atoms with Crippen LogP contribution in [-0.4, -0.2) is 21.9 Å². The molecule has 0 aliphatic rings. The summed E-state index contributed by atoms with van der Waals surface area (Å²) in [6.45, 7) is 4.73. The first-order valence-corrected chi connectivity index (χ1v) is 6.52. The van der Waals surface area contributed by atoms with Crippen molar-refractivity contribution in [3.05, 3.63) is 34.9 Å². The van der Waals surface area contributed by atoms with Crippen molar-refractivity contribution in [2.24, 2.45) is 0 Å². The Labute approximate surface area is 117 Å². The molecule has 19 heavy (non-hydrogen) atoms. The number of ether oxygens (including phenoxy) is 2. The Morgan fingerprint density at radius 3 is 2.53 bits per heavy atom. The van der Waals surface area contributed by atoms with Crippen LogP contribution in [0.3, 0.4) is 0 Å². The van der Waals surface area contributed by atoms with E-state index in [2.05, 4.69) is 10.2 Å². The highest BCUT2D eigenvalue weighted by Gasteiger charge is 2.14. The number of aromatic amines is 1. The second-order valence-electron chi connectivity index (χ2n) is 4.07. The molecule has 0 bridgehead atoms. The average Bonchev–Trinajstić information content (AvgIpc) is 2.80. The molecular formula is C13H17N3O2S. The Kier molecular flexibility index (Phi) is 4.21. The first-order chi connectivity index (χ1) is 9.15. The van der Waals surface area contributed by atoms with Crippen molar-refractivity contribution >= 4 is 12.2 Å². The lowest BCUT2D eigenvalue weighted by Gasteiger charge is -2.14. The third kappa shape index (κ3) is 2.96. The number of methoxy groups -OCH3 is 1. The molecule has 2 aromatic rings. The van der Waals surface area contributed by atoms with Crippen molar-refractivity contribution in [3.8, 4) is 11.5 Å². The van der Waals surface area contributed by atoms with Crippen LogP contribution in [0.1, 0.15) is 25.8 Å². The molecule has 0 fully saturated rings. The SMILES string of the molecule is CCn1c([C@H](C)Oc2ccc(OC)cc2)n[nH]c1=S. The number of rotatable bonds is 5. The largest absolute Gasteiger partial charge is 0.497 e. The molecule has 1 atom stereocenters. The zero-order valence-electron chi connectivity index (χ0n) is 11.2. The lowest BCUT2D eigenvalue weighted by atomic mass is 10.3. The monoisotopic (exact) mass is 279 g/mol. The normalized spacial score (nSPS) is 12.2. The number of nitrogens with one attached hydrogen (secondary N) is 1. The van der Waals surface area contributed by atoms with E-state index in [1.165, 1.54) is 0 Å². The second-order valence-corrected chi connectivity index (χ2v) is 4.45. The summed E-state index contributed by atoms with van der Waals surface area (Å²) in [4.78, 5) is 0. The summed E-state index contributed by atoms with van der Waals surface area (Å²) in [6, 6.07) is 7.46. The van der Waals surface area contributed by atoms with E-state index >= 15 is 0 Å². The highest BCUT2D eigenvalue weighted by atomic mass is 32.1. The van der Waals surface area contributed by atoms with Crippen LogP contribution in [0.5, 0.6) is 11.5 Å². The van der Waals surface area contributed by atoms with Gasteiger partial charge in [-0.25, -0.2) is 0 Å². The third-order valence-electron chi connectivity index (χ3n) is 2.84. The quantitative estimate of drug-likeness (QED) is 0.854. The summed E-state index contributed by atoms with van der Waals surface area (Å²) in [5, 5.41) is 7.00. The number of benzene rings is 1. The average molecular weight is 279 g/mol. The van der Waals surface area contributed by atoms with Crippen LogP contribution in [0.25, 0.3) is 0 Å². The molecule has 0 aliphatic carbocycles. The van der Waals surface area contributed by atoms with Crippen molar-refractivity contribution in [2.45, 2.75) is 26.5 Å². The topological polar surface area (TPSA) is 52.1 Å². The summed E-state index contributed by atoms with van der Waals surface area (Å²) in [5.74, 6) is 2.37. The maximum absolute atomic E-state index is 5.85. The molecular weight excluding hydrogens is 262 g/mol. The first kappa shape index (κ1) is 13.6. The Hall–Kier alpha value is -1.82. The Morgan fingerprint density at radius 1 is 1.32 bits per heavy atom. The van der Waals surface area contributed by atoms with Gasteiger partial charge >= 0.3 is 0 Å². The van der Waals surface area contributed by atoms with Crippen LogP contribution >= 0.6 is 12.2 Å². The fourth-order valence-electron chi connectivity index (χ4n) is 1.86. The first-order valence-electron chi connectivity index (χ1n) is 6.11. The van der Waals surface area contributed by atoms with E-state index in [1.807, 2.05) is 42.7 Å². The fourth-order valence-corrected chi connectivity index (χ4v) is 2.13. The van der Waals surface area contributed by atoms with Crippen LogP contribution in [0, 0.1) is 4.77 Å². The van der Waals surface area contributed by atoms with E-state index in [9.17, 15) is 0 Å². The van der Waals surface area contributed by atoms with E-state index in [1.54, 1.807) is 7.11 Å². The van der Waals surface area contributed by atoms with Gasteiger partial charge in [0.2, 0.25) is 0 Å². The Balaban J connectivity index is 2.15. The van der Waals surface area contributed by atoms with Crippen molar-refractivity contribution in [1.29, 1.82) is 0 Å². The van der Waals surface area contributed by atoms with Gasteiger partial charge in [-0.3, -0.25) is 5.10 Å². The zero-order valence-corrected chi connectivity index (χ0v) is 12.0. The summed E-state index contributed by atoms with van der Waals surface area (Å²) >= 11 is 5.16. The summed E-state index contributed by atoms with van der Waals surface area (Å²) < 4.78 is 13.5. The molecule has 102 valence electrons. The number of hydrogen-bond acceptors (Lipinski definition) is 4. The molecule has 6 heteroatoms. The highest BCUT2D eigenvalue weighted by molar-refractivity contribution is 7.71. The summed E-state index contributed by atoms with van der Waals surface area (Å²) in [6.07, 6.45) is -0.179. The van der Waals surface area contributed by atoms with Gasteiger partial charge in [0.05, 0.1) is 7.11 Å². The van der Waals surface area contributed by atoms with Crippen molar-refractivity contribution in [2.75, 3.05) is 7.11 Å². The minimum absolute atomic E-state index is 0.179. The molecule has 1 N–H and O–H groups in total. The molecule has 0 unspecified atom stereocenters. The van der Waals surface area contributed by atoms with E-state index in [0.717, 1.165) is 23.9 Å². The number of H-pyrrole nitrogens is 1. The Morgan fingerprint density at radius 2 is 1.95 bits per heavy atom. The van der Waals surface area contributed by atoms with E-state index in [-0.39, 0.29) is 6.10 Å². The summed E-state index contributed by atoms with van der Waals surface area (Å²) in [5.41, 5.74) is 0. The smallest absolute Gasteiger partial charge is 0.195 e. The molecule has 0 radical (unpaired) electrons. The molecule has 5 nitrogen and oxygen atoms in total. The van der Waals surface area contributed by atoms with Gasteiger partial charge < -0.3 is 14.0 Å². The lowest BCUT2D eigenvalue weighted by Crippen LogP contribution is -2.11. The standard InChI is InChI=1S/C13H17N3O2S/c1-4-16-12(14-15-13(16)19)9(2)18-11-7-5-10(17-3)6-8-11/h5-9H,4H2,1-3H3,(H,15,19)/t9-/m0/s1. The maximum atomic E-state index is 5.85. The molecule has 0 saturated heterocycles. The maximum Gasteiger partial charge on any atom is 0.195 e. The van der Waals surface area contributed by atoms with E-state index in [0.29, 0.717) is 4.77 Å². The van der Waals surface area contributed by atoms with Crippen molar-refractivity contribution < 1.29 is 9.47 Å². The minimum Gasteiger partial charge on any atom is -0.497 e. The summed E-state index contributed by atoms with van der Waals surface area (Å²) in [7, 11) is 1.64. The number of hydrogen-bond donors (Lipinski definition) is 1. The van der Waals surface area contributed by atoms with Crippen LogP contribution in [0.2, 0.25) is 0 Å². The highest BCUT2D eigenvalue weighted by Crippen LogP contribution is 2.23. The van der Waals surface area contributed by atoms with Gasteiger partial charge in [0, 0.05) is 6.54 Å². The van der Waals surface area contributed by atoms with Crippen molar-refractivity contribution in [3.63, 3.8) is 0 Å². The molecule has 1 aromatic carbocycles. The predicted molar refractivity (Wildman–Crippen MR) is 75.1 cm³/mol. The second kappa shape index (κ2) is 5.88. The number of nitrogens with zero attached hydrogens (tertiary/aromatic N) is 2. The van der Waals surface area contributed by atoms with Gasteiger partial charge in [0.1, 0.15) is 11.5 Å². The van der Waals surface area contributed by atoms with Crippen LogP contribution in [0.15, 0.2) is 24.3 Å². The van der Waals surface area contributed by atoms with Crippen LogP contribution in [0.4, 0.5) is 0 Å². The molecule has 0 spiro atoms. The zero-order chi connectivity index (χ0) is 13.8. The molecule has 1 heterocycles. The van der Waals surface area contributed by atoms with Gasteiger partial charge in [-0.1, -0.05) is 0 Å². The predicted octanol–water partition coefficient (Wildman–Crippen LogP) is 3.11. The molecule has 2 rings (SSSR count). The van der Waals surface area contributed by atoms with Crippen LogP contribution in [-0.2, 0) is 6.54 Å². The molecule has 0 amide bonds. The number of aromatic nitrogens is 3. The van der Waals surface area contributed by atoms with Crippen LogP contribution < -0.4 is 9.47 Å². The fraction of sp³-hybridized carbons (Fsp3) is 0.385. The molecule has 0 aliphatic heterocycles. The Bertz CT molecular complexity index is 589. The van der Waals surface area contributed by atoms with E-state index < -0.39 is 0 Å². The van der Waals surface area contributed by atoms with Crippen molar-refractivity contribution in [1.82, 2.24) is 14.8 Å². The van der Waals surface area contributed by atoms with Gasteiger partial charge in [-0.15, -0.1) is 0 Å². The van der Waals surface area contributed by atoms with E-state index in [4.69, 9.17) is 21.7 Å². The lowest BCUT2D eigenvalue weighted by molar-refractivity contribution is 0.210. The minimum atomic E-state index is -0.179. The third-order valence-corrected chi connectivity index (χ3v) is 3.15. The molecule has 1 aromatic heterocycles. The van der Waals surface area contributed by atoms with Gasteiger partial charge in [0.15, 0.2) is 16.7 Å². The van der Waals surface area contributed by atoms with Gasteiger partial charge in [0.25, 0.3) is 0 Å². The van der Waals surface area contributed by atoms with Gasteiger partial charge in [-0.2, -0.15) is 5.10 Å². The molecule has 0 saturated carbocycles. The van der Waals surface area contributed by atoms with Gasteiger partial charge in [-0.05, 0) is 50.3 Å².